The smallest absolute Gasteiger partial charge is 0.444 e. The van der Waals surface area contributed by atoms with Crippen molar-refractivity contribution in [2.75, 3.05) is 31.1 Å². The maximum atomic E-state index is 12.7. The lowest BCUT2D eigenvalue weighted by atomic mass is 10.3. The number of halogens is 3. The maximum absolute atomic E-state index is 12.7. The van der Waals surface area contributed by atoms with Crippen LogP contribution in [0.3, 0.4) is 0 Å². The Morgan fingerprint density at radius 2 is 2.00 bits per heavy atom. The van der Waals surface area contributed by atoms with E-state index in [4.69, 9.17) is 4.42 Å². The van der Waals surface area contributed by atoms with Crippen molar-refractivity contribution in [1.29, 1.82) is 0 Å². The standard InChI is InChI=1S/C15H18F3N5OS/c16-15(17,18)13-20-21-14(25-13)23-5-1-4-22(6-7-23)9-11-8-19-12(24-11)10-2-3-10/h8,10H,1-7,9H2. The van der Waals surface area contributed by atoms with Crippen molar-refractivity contribution >= 4 is 16.5 Å². The molecule has 0 N–H and O–H groups in total. The number of nitrogens with zero attached hydrogens (tertiary/aromatic N) is 5. The second-order valence-corrected chi connectivity index (χ2v) is 7.40. The largest absolute Gasteiger partial charge is 0.445 e. The van der Waals surface area contributed by atoms with Crippen LogP contribution < -0.4 is 4.90 Å². The number of rotatable bonds is 4. The third-order valence-corrected chi connectivity index (χ3v) is 5.42. The van der Waals surface area contributed by atoms with Gasteiger partial charge in [-0.3, -0.25) is 4.90 Å². The lowest BCUT2D eigenvalue weighted by Gasteiger charge is -2.20. The van der Waals surface area contributed by atoms with Gasteiger partial charge in [-0.05, 0) is 19.3 Å². The van der Waals surface area contributed by atoms with Crippen LogP contribution in [-0.4, -0.2) is 46.3 Å². The molecule has 0 radical (unpaired) electrons. The highest BCUT2D eigenvalue weighted by molar-refractivity contribution is 7.15. The summed E-state index contributed by atoms with van der Waals surface area (Å²) in [4.78, 5) is 8.45. The molecule has 0 atom stereocenters. The average molecular weight is 373 g/mol. The molecule has 0 amide bonds. The first-order chi connectivity index (χ1) is 12.0. The Morgan fingerprint density at radius 3 is 2.72 bits per heavy atom. The molecule has 0 bridgehead atoms. The van der Waals surface area contributed by atoms with Gasteiger partial charge in [-0.15, -0.1) is 10.2 Å². The van der Waals surface area contributed by atoms with Crippen LogP contribution in [0, 0.1) is 0 Å². The molecule has 6 nitrogen and oxygen atoms in total. The fourth-order valence-corrected chi connectivity index (χ4v) is 3.68. The zero-order chi connectivity index (χ0) is 17.4. The fraction of sp³-hybridized carbons (Fsp3) is 0.667. The summed E-state index contributed by atoms with van der Waals surface area (Å²) >= 11 is 0.606. The van der Waals surface area contributed by atoms with Gasteiger partial charge in [-0.2, -0.15) is 13.2 Å². The zero-order valence-electron chi connectivity index (χ0n) is 13.5. The third-order valence-electron chi connectivity index (χ3n) is 4.39. The predicted octanol–water partition coefficient (Wildman–Crippen LogP) is 3.13. The van der Waals surface area contributed by atoms with Gasteiger partial charge < -0.3 is 9.32 Å². The van der Waals surface area contributed by atoms with E-state index in [2.05, 4.69) is 20.1 Å². The molecule has 1 saturated heterocycles. The van der Waals surface area contributed by atoms with E-state index in [1.165, 1.54) is 0 Å². The van der Waals surface area contributed by atoms with E-state index >= 15 is 0 Å². The van der Waals surface area contributed by atoms with Crippen LogP contribution in [0.5, 0.6) is 0 Å². The van der Waals surface area contributed by atoms with E-state index in [1.807, 2.05) is 4.90 Å². The minimum atomic E-state index is -4.43. The Hall–Kier alpha value is -1.68. The van der Waals surface area contributed by atoms with Crippen LogP contribution in [-0.2, 0) is 12.7 Å². The third kappa shape index (κ3) is 3.95. The summed E-state index contributed by atoms with van der Waals surface area (Å²) in [6, 6.07) is 0. The van der Waals surface area contributed by atoms with Gasteiger partial charge in [-0.1, -0.05) is 11.3 Å². The molecule has 3 heterocycles. The Balaban J connectivity index is 1.35. The molecule has 2 fully saturated rings. The molecule has 2 aromatic rings. The van der Waals surface area contributed by atoms with E-state index in [9.17, 15) is 13.2 Å². The van der Waals surface area contributed by atoms with Crippen LogP contribution in [0.2, 0.25) is 0 Å². The molecule has 1 aliphatic heterocycles. The molecule has 2 aliphatic rings. The van der Waals surface area contributed by atoms with E-state index in [0.717, 1.165) is 44.0 Å². The topological polar surface area (TPSA) is 58.3 Å². The normalized spacial score (nSPS) is 20.0. The van der Waals surface area contributed by atoms with Crippen molar-refractivity contribution in [2.24, 2.45) is 0 Å². The second-order valence-electron chi connectivity index (χ2n) is 6.44. The summed E-state index contributed by atoms with van der Waals surface area (Å²) in [5, 5.41) is 6.43. The van der Waals surface area contributed by atoms with Gasteiger partial charge >= 0.3 is 6.18 Å². The van der Waals surface area contributed by atoms with Gasteiger partial charge in [0.25, 0.3) is 0 Å². The van der Waals surface area contributed by atoms with Crippen molar-refractivity contribution < 1.29 is 17.6 Å². The highest BCUT2D eigenvalue weighted by atomic mass is 32.1. The van der Waals surface area contributed by atoms with Crippen LogP contribution in [0.25, 0.3) is 0 Å². The zero-order valence-corrected chi connectivity index (χ0v) is 14.3. The number of aromatic nitrogens is 3. The average Bonchev–Trinajstić information content (AvgIpc) is 3.17. The van der Waals surface area contributed by atoms with Gasteiger partial charge in [0.1, 0.15) is 5.76 Å². The molecule has 0 unspecified atom stereocenters. The van der Waals surface area contributed by atoms with Crippen LogP contribution in [0.4, 0.5) is 18.3 Å². The quantitative estimate of drug-likeness (QED) is 0.821. The molecule has 0 aromatic carbocycles. The molecular weight excluding hydrogens is 355 g/mol. The predicted molar refractivity (Wildman–Crippen MR) is 85.5 cm³/mol. The molecule has 1 saturated carbocycles. The van der Waals surface area contributed by atoms with Gasteiger partial charge in [0.15, 0.2) is 5.89 Å². The van der Waals surface area contributed by atoms with E-state index < -0.39 is 11.2 Å². The lowest BCUT2D eigenvalue weighted by Crippen LogP contribution is -2.30. The lowest BCUT2D eigenvalue weighted by molar-refractivity contribution is -0.138. The van der Waals surface area contributed by atoms with Crippen LogP contribution in [0.15, 0.2) is 10.6 Å². The van der Waals surface area contributed by atoms with Gasteiger partial charge in [0.05, 0.1) is 12.7 Å². The Morgan fingerprint density at radius 1 is 1.16 bits per heavy atom. The fourth-order valence-electron chi connectivity index (χ4n) is 2.91. The highest BCUT2D eigenvalue weighted by Gasteiger charge is 2.36. The Bertz CT molecular complexity index is 727. The second kappa shape index (κ2) is 6.56. The number of alkyl halides is 3. The molecular formula is C15H18F3N5OS. The number of hydrogen-bond acceptors (Lipinski definition) is 7. The minimum absolute atomic E-state index is 0.338. The van der Waals surface area contributed by atoms with E-state index in [1.54, 1.807) is 6.20 Å². The maximum Gasteiger partial charge on any atom is 0.445 e. The summed E-state index contributed by atoms with van der Waals surface area (Å²) in [5.74, 6) is 2.18. The van der Waals surface area contributed by atoms with Crippen molar-refractivity contribution in [2.45, 2.75) is 37.9 Å². The number of hydrogen-bond donors (Lipinski definition) is 0. The summed E-state index contributed by atoms with van der Waals surface area (Å²) in [5.41, 5.74) is 0. The first-order valence-electron chi connectivity index (χ1n) is 8.31. The van der Waals surface area contributed by atoms with Crippen molar-refractivity contribution in [3.05, 3.63) is 22.9 Å². The number of anilines is 1. The van der Waals surface area contributed by atoms with E-state index in [-0.39, 0.29) is 0 Å². The molecule has 136 valence electrons. The van der Waals surface area contributed by atoms with Gasteiger partial charge in [0, 0.05) is 32.1 Å². The van der Waals surface area contributed by atoms with Crippen molar-refractivity contribution in [3.8, 4) is 0 Å². The Kier molecular flexibility index (Phi) is 4.40. The number of oxazole rings is 1. The van der Waals surface area contributed by atoms with E-state index in [0.29, 0.717) is 42.0 Å². The molecule has 4 rings (SSSR count). The molecule has 1 aliphatic carbocycles. The SMILES string of the molecule is FC(F)(F)c1nnc(N2CCCN(Cc3cnc(C4CC4)o3)CC2)s1. The Labute approximate surface area is 146 Å². The molecule has 2 aromatic heterocycles. The van der Waals surface area contributed by atoms with Crippen molar-refractivity contribution in [3.63, 3.8) is 0 Å². The van der Waals surface area contributed by atoms with Gasteiger partial charge in [-0.25, -0.2) is 4.98 Å². The highest BCUT2D eigenvalue weighted by Crippen LogP contribution is 2.39. The summed E-state index contributed by atoms with van der Waals surface area (Å²) in [6.45, 7) is 3.57. The summed E-state index contributed by atoms with van der Waals surface area (Å²) in [7, 11) is 0. The van der Waals surface area contributed by atoms with Crippen LogP contribution >= 0.6 is 11.3 Å². The van der Waals surface area contributed by atoms with Gasteiger partial charge in [0.2, 0.25) is 10.1 Å². The van der Waals surface area contributed by atoms with Crippen LogP contribution in [0.1, 0.15) is 41.8 Å². The first-order valence-corrected chi connectivity index (χ1v) is 9.13. The van der Waals surface area contributed by atoms with Crippen molar-refractivity contribution in [1.82, 2.24) is 20.1 Å². The summed E-state index contributed by atoms with van der Waals surface area (Å²) < 4.78 is 43.8. The molecule has 10 heteroatoms. The monoisotopic (exact) mass is 373 g/mol. The first kappa shape index (κ1) is 16.8. The molecule has 25 heavy (non-hydrogen) atoms. The summed E-state index contributed by atoms with van der Waals surface area (Å²) in [6.07, 6.45) is 0.515. The molecule has 0 spiro atoms. The minimum Gasteiger partial charge on any atom is -0.444 e.